The van der Waals surface area contributed by atoms with E-state index in [2.05, 4.69) is 20.6 Å². The Morgan fingerprint density at radius 1 is 1.03 bits per heavy atom. The van der Waals surface area contributed by atoms with Crippen molar-refractivity contribution in [3.63, 3.8) is 0 Å². The molecule has 2 aliphatic heterocycles. The first-order valence-corrected chi connectivity index (χ1v) is 11.0. The molecule has 0 atom stereocenters. The predicted octanol–water partition coefficient (Wildman–Crippen LogP) is 1.11. The molecule has 0 saturated carbocycles. The minimum absolute atomic E-state index is 0.152. The highest BCUT2D eigenvalue weighted by molar-refractivity contribution is 7.91. The van der Waals surface area contributed by atoms with Gasteiger partial charge in [-0.2, -0.15) is 9.97 Å². The van der Waals surface area contributed by atoms with Crippen LogP contribution in [0.3, 0.4) is 0 Å². The van der Waals surface area contributed by atoms with Gasteiger partial charge in [0.1, 0.15) is 11.5 Å². The lowest BCUT2D eigenvalue weighted by atomic mass is 10.3. The Labute approximate surface area is 171 Å². The average Bonchev–Trinajstić information content (AvgIpc) is 2.75. The highest BCUT2D eigenvalue weighted by Crippen LogP contribution is 2.36. The van der Waals surface area contributed by atoms with Crippen LogP contribution in [-0.4, -0.2) is 70.2 Å². The standard InChI is InChI=1S/C18H23N7O3S/c26-25(27)15-16(20-14-4-2-1-3-5-14)21-18(24-8-6-19-7-9-24)22-17(15)23-10-12-29(28)13-11-23/h1-5,19H,6-13H2,(H,20,21,22). The van der Waals surface area contributed by atoms with E-state index in [1.807, 2.05) is 40.1 Å². The van der Waals surface area contributed by atoms with Gasteiger partial charge in [-0.3, -0.25) is 10.1 Å². The van der Waals surface area contributed by atoms with Gasteiger partial charge in [-0.15, -0.1) is 0 Å². The van der Waals surface area contributed by atoms with Crippen molar-refractivity contribution in [1.82, 2.24) is 15.3 Å². The van der Waals surface area contributed by atoms with E-state index in [4.69, 9.17) is 0 Å². The Balaban J connectivity index is 1.78. The number of nitro groups is 1. The van der Waals surface area contributed by atoms with Crippen LogP contribution in [0.5, 0.6) is 0 Å². The van der Waals surface area contributed by atoms with Gasteiger partial charge in [0.15, 0.2) is 0 Å². The molecule has 2 aliphatic rings. The average molecular weight is 417 g/mol. The molecule has 2 saturated heterocycles. The summed E-state index contributed by atoms with van der Waals surface area (Å²) in [5.41, 5.74) is 0.562. The van der Waals surface area contributed by atoms with E-state index in [1.54, 1.807) is 0 Å². The highest BCUT2D eigenvalue weighted by Gasteiger charge is 2.33. The Hall–Kier alpha value is -2.63. The van der Waals surface area contributed by atoms with Crippen LogP contribution in [-0.2, 0) is 11.2 Å². The summed E-state index contributed by atoms with van der Waals surface area (Å²) in [6.45, 7) is 4.00. The van der Waals surface area contributed by atoms with Crippen molar-refractivity contribution in [1.29, 1.82) is 0 Å². The molecule has 0 bridgehead atoms. The second kappa shape index (κ2) is 8.80. The maximum absolute atomic E-state index is 12.0. The molecular formula is C18H23N7O3S. The van der Waals surface area contributed by atoms with E-state index in [9.17, 15) is 14.7 Å². The number of aromatic nitrogens is 2. The van der Waals surface area contributed by atoms with Crippen molar-refractivity contribution < 1.29 is 9.48 Å². The van der Waals surface area contributed by atoms with E-state index in [1.165, 1.54) is 0 Å². The lowest BCUT2D eigenvalue weighted by Gasteiger charge is -2.31. The summed E-state index contributed by atoms with van der Waals surface area (Å²) in [4.78, 5) is 24.6. The van der Waals surface area contributed by atoms with Gasteiger partial charge in [-0.1, -0.05) is 29.4 Å². The molecule has 154 valence electrons. The zero-order valence-corrected chi connectivity index (χ0v) is 16.7. The quantitative estimate of drug-likeness (QED) is 0.418. The van der Waals surface area contributed by atoms with Crippen LogP contribution in [0.4, 0.5) is 29.0 Å². The van der Waals surface area contributed by atoms with Gasteiger partial charge < -0.3 is 25.0 Å². The molecule has 2 N–H and O–H groups in total. The normalized spacial score (nSPS) is 18.0. The third kappa shape index (κ3) is 4.52. The van der Waals surface area contributed by atoms with Crippen molar-refractivity contribution in [2.75, 3.05) is 65.9 Å². The van der Waals surface area contributed by atoms with Gasteiger partial charge in [0.25, 0.3) is 0 Å². The fourth-order valence-electron chi connectivity index (χ4n) is 3.42. The molecule has 4 rings (SSSR count). The molecule has 0 aliphatic carbocycles. The maximum Gasteiger partial charge on any atom is 0.353 e. The first kappa shape index (κ1) is 19.7. The van der Waals surface area contributed by atoms with Gasteiger partial charge in [-0.25, -0.2) is 0 Å². The number of hydrogen-bond acceptors (Lipinski definition) is 9. The smallest absolute Gasteiger partial charge is 0.353 e. The van der Waals surface area contributed by atoms with E-state index in [0.29, 0.717) is 36.2 Å². The molecule has 2 fully saturated rings. The molecule has 1 aromatic heterocycles. The number of para-hydroxylation sites is 1. The van der Waals surface area contributed by atoms with E-state index in [-0.39, 0.29) is 17.3 Å². The SMILES string of the molecule is O=[N+]([O-])c1c(Nc2ccccc2)nc(N2CCNCC2)nc1N1CC[S+]([O-])CC1. The molecule has 29 heavy (non-hydrogen) atoms. The fourth-order valence-corrected chi connectivity index (χ4v) is 4.47. The van der Waals surface area contributed by atoms with Crippen LogP contribution in [0.15, 0.2) is 30.3 Å². The zero-order chi connectivity index (χ0) is 20.2. The van der Waals surface area contributed by atoms with Crippen molar-refractivity contribution in [3.05, 3.63) is 40.4 Å². The summed E-state index contributed by atoms with van der Waals surface area (Å²) in [6.07, 6.45) is 0. The number of piperazine rings is 1. The summed E-state index contributed by atoms with van der Waals surface area (Å²) < 4.78 is 11.8. The van der Waals surface area contributed by atoms with E-state index in [0.717, 1.165) is 26.2 Å². The summed E-state index contributed by atoms with van der Waals surface area (Å²) in [5, 5.41) is 18.4. The minimum atomic E-state index is -0.888. The molecule has 11 heteroatoms. The number of anilines is 4. The topological polar surface area (TPSA) is 123 Å². The van der Waals surface area contributed by atoms with Crippen molar-refractivity contribution in [3.8, 4) is 0 Å². The van der Waals surface area contributed by atoms with Crippen molar-refractivity contribution in [2.45, 2.75) is 0 Å². The first-order chi connectivity index (χ1) is 14.1. The number of nitrogens with zero attached hydrogens (tertiary/aromatic N) is 5. The van der Waals surface area contributed by atoms with E-state index < -0.39 is 16.1 Å². The van der Waals surface area contributed by atoms with Crippen LogP contribution in [0.1, 0.15) is 0 Å². The molecule has 3 heterocycles. The summed E-state index contributed by atoms with van der Waals surface area (Å²) in [7, 11) is 0. The van der Waals surface area contributed by atoms with Gasteiger partial charge >= 0.3 is 5.69 Å². The van der Waals surface area contributed by atoms with Gasteiger partial charge in [0.05, 0.1) is 18.0 Å². The Bertz CT molecular complexity index is 856. The second-order valence-corrected chi connectivity index (χ2v) is 8.56. The molecular weight excluding hydrogens is 394 g/mol. The Morgan fingerprint density at radius 2 is 1.72 bits per heavy atom. The number of hydrogen-bond donors (Lipinski definition) is 2. The molecule has 1 aromatic carbocycles. The summed E-state index contributed by atoms with van der Waals surface area (Å²) >= 11 is -0.888. The van der Waals surface area contributed by atoms with Crippen molar-refractivity contribution in [2.24, 2.45) is 0 Å². The van der Waals surface area contributed by atoms with Gasteiger partial charge in [0, 0.05) is 31.9 Å². The van der Waals surface area contributed by atoms with E-state index >= 15 is 0 Å². The van der Waals surface area contributed by atoms with Crippen LogP contribution in [0, 0.1) is 10.1 Å². The zero-order valence-electron chi connectivity index (χ0n) is 15.9. The van der Waals surface area contributed by atoms with Gasteiger partial charge in [0.2, 0.25) is 17.6 Å². The number of benzene rings is 1. The molecule has 0 spiro atoms. The summed E-state index contributed by atoms with van der Waals surface area (Å²) in [6, 6.07) is 9.26. The molecule has 0 unspecified atom stereocenters. The van der Waals surface area contributed by atoms with Crippen molar-refractivity contribution >= 4 is 40.1 Å². The molecule has 10 nitrogen and oxygen atoms in total. The van der Waals surface area contributed by atoms with Crippen LogP contribution < -0.4 is 20.4 Å². The third-order valence-electron chi connectivity index (χ3n) is 4.95. The molecule has 2 aromatic rings. The highest BCUT2D eigenvalue weighted by atomic mass is 32.2. The second-order valence-electron chi connectivity index (χ2n) is 6.86. The van der Waals surface area contributed by atoms with Crippen LogP contribution >= 0.6 is 0 Å². The largest absolute Gasteiger partial charge is 0.616 e. The van der Waals surface area contributed by atoms with Crippen LogP contribution in [0.25, 0.3) is 0 Å². The monoisotopic (exact) mass is 417 g/mol. The number of rotatable bonds is 5. The Morgan fingerprint density at radius 3 is 2.38 bits per heavy atom. The fraction of sp³-hybridized carbons (Fsp3) is 0.444. The molecule has 0 amide bonds. The lowest BCUT2D eigenvalue weighted by Crippen LogP contribution is -2.45. The molecule has 0 radical (unpaired) electrons. The predicted molar refractivity (Wildman–Crippen MR) is 114 cm³/mol. The van der Waals surface area contributed by atoms with Gasteiger partial charge in [-0.05, 0) is 12.1 Å². The number of nitrogens with one attached hydrogen (secondary N) is 2. The minimum Gasteiger partial charge on any atom is -0.616 e. The Kier molecular flexibility index (Phi) is 5.97. The summed E-state index contributed by atoms with van der Waals surface area (Å²) in [5.74, 6) is 1.88. The maximum atomic E-state index is 12.0. The lowest BCUT2D eigenvalue weighted by molar-refractivity contribution is -0.383. The van der Waals surface area contributed by atoms with Crippen LogP contribution in [0.2, 0.25) is 0 Å². The first-order valence-electron chi connectivity index (χ1n) is 9.56. The third-order valence-corrected chi connectivity index (χ3v) is 6.23.